The lowest BCUT2D eigenvalue weighted by Crippen LogP contribution is -2.42. The van der Waals surface area contributed by atoms with Crippen molar-refractivity contribution in [3.63, 3.8) is 0 Å². The van der Waals surface area contributed by atoms with E-state index in [1.807, 2.05) is 0 Å². The zero-order chi connectivity index (χ0) is 13.7. The number of halogens is 1. The molecule has 0 spiro atoms. The molecule has 0 radical (unpaired) electrons. The van der Waals surface area contributed by atoms with E-state index < -0.39 is 0 Å². The topological polar surface area (TPSA) is 67.1 Å². The summed E-state index contributed by atoms with van der Waals surface area (Å²) in [5.41, 5.74) is 6.30. The summed E-state index contributed by atoms with van der Waals surface area (Å²) in [5, 5.41) is 5.45. The number of nitrogens with one attached hydrogen (secondary N) is 2. The molecule has 1 aliphatic carbocycles. The maximum absolute atomic E-state index is 13.0. The molecular weight excluding hydrogens is 245 g/mol. The maximum Gasteiger partial charge on any atom is 0.319 e. The van der Waals surface area contributed by atoms with Crippen LogP contribution in [0.15, 0.2) is 24.3 Å². The van der Waals surface area contributed by atoms with Crippen molar-refractivity contribution >= 4 is 11.7 Å². The van der Waals surface area contributed by atoms with Crippen LogP contribution in [0.5, 0.6) is 0 Å². The zero-order valence-electron chi connectivity index (χ0n) is 10.9. The van der Waals surface area contributed by atoms with Crippen LogP contribution in [-0.2, 0) is 0 Å². The van der Waals surface area contributed by atoms with E-state index in [0.717, 1.165) is 12.8 Å². The number of benzene rings is 1. The first-order chi connectivity index (χ1) is 9.13. The Morgan fingerprint density at radius 3 is 2.74 bits per heavy atom. The molecule has 5 heteroatoms. The number of urea groups is 1. The third-order valence-corrected chi connectivity index (χ3v) is 3.80. The molecule has 1 saturated carbocycles. The molecule has 104 valence electrons. The molecule has 0 saturated heterocycles. The van der Waals surface area contributed by atoms with Crippen molar-refractivity contribution in [3.05, 3.63) is 30.1 Å². The number of hydrogen-bond donors (Lipinski definition) is 3. The number of hydrogen-bond acceptors (Lipinski definition) is 2. The Bertz CT molecular complexity index is 444. The summed E-state index contributed by atoms with van der Waals surface area (Å²) in [7, 11) is 0. The molecule has 0 aliphatic heterocycles. The minimum atomic E-state index is -0.368. The first-order valence-electron chi connectivity index (χ1n) is 6.64. The van der Waals surface area contributed by atoms with Crippen LogP contribution in [0.1, 0.15) is 25.7 Å². The number of rotatable bonds is 4. The van der Waals surface area contributed by atoms with Gasteiger partial charge in [0, 0.05) is 17.6 Å². The Labute approximate surface area is 112 Å². The Balaban J connectivity index is 1.84. The molecule has 4 nitrogen and oxygen atoms in total. The van der Waals surface area contributed by atoms with Gasteiger partial charge in [0.2, 0.25) is 0 Å². The molecule has 1 aromatic rings. The molecule has 19 heavy (non-hydrogen) atoms. The van der Waals surface area contributed by atoms with E-state index in [9.17, 15) is 9.18 Å². The lowest BCUT2D eigenvalue weighted by Gasteiger charge is -2.27. The minimum Gasteiger partial charge on any atom is -0.337 e. The molecule has 0 unspecified atom stereocenters. The summed E-state index contributed by atoms with van der Waals surface area (Å²) in [6.45, 7) is 1.16. The second-order valence-electron chi connectivity index (χ2n) is 5.23. The highest BCUT2D eigenvalue weighted by Crippen LogP contribution is 2.36. The molecule has 0 bridgehead atoms. The summed E-state index contributed by atoms with van der Waals surface area (Å²) >= 11 is 0. The quantitative estimate of drug-likeness (QED) is 0.783. The highest BCUT2D eigenvalue weighted by atomic mass is 19.1. The van der Waals surface area contributed by atoms with Crippen LogP contribution >= 0.6 is 0 Å². The number of nitrogens with two attached hydrogens (primary N) is 1. The van der Waals surface area contributed by atoms with Crippen molar-refractivity contribution in [2.24, 2.45) is 11.1 Å². The van der Waals surface area contributed by atoms with E-state index in [1.165, 1.54) is 25.0 Å². The summed E-state index contributed by atoms with van der Waals surface area (Å²) < 4.78 is 13.0. The molecule has 2 rings (SSSR count). The van der Waals surface area contributed by atoms with Crippen molar-refractivity contribution in [1.29, 1.82) is 0 Å². The van der Waals surface area contributed by atoms with Crippen molar-refractivity contribution < 1.29 is 9.18 Å². The van der Waals surface area contributed by atoms with Crippen molar-refractivity contribution in [2.75, 3.05) is 18.4 Å². The standard InChI is InChI=1S/C14H20FN3O/c15-11-4-3-5-12(8-11)18-13(19)17-10-14(9-16)6-1-2-7-14/h3-5,8H,1-2,6-7,9-10,16H2,(H2,17,18,19). The van der Waals surface area contributed by atoms with Gasteiger partial charge in [-0.15, -0.1) is 0 Å². The van der Waals surface area contributed by atoms with E-state index in [-0.39, 0.29) is 17.3 Å². The molecule has 0 aromatic heterocycles. The van der Waals surface area contributed by atoms with Crippen LogP contribution in [0, 0.1) is 11.2 Å². The Morgan fingerprint density at radius 1 is 1.37 bits per heavy atom. The van der Waals surface area contributed by atoms with Gasteiger partial charge in [-0.3, -0.25) is 0 Å². The van der Waals surface area contributed by atoms with E-state index in [0.29, 0.717) is 18.8 Å². The fraction of sp³-hybridized carbons (Fsp3) is 0.500. The number of amides is 2. The number of carbonyl (C=O) groups is 1. The lowest BCUT2D eigenvalue weighted by molar-refractivity contribution is 0.239. The van der Waals surface area contributed by atoms with E-state index in [2.05, 4.69) is 10.6 Å². The van der Waals surface area contributed by atoms with Gasteiger partial charge in [-0.05, 0) is 37.6 Å². The highest BCUT2D eigenvalue weighted by Gasteiger charge is 2.32. The van der Waals surface area contributed by atoms with Gasteiger partial charge in [0.05, 0.1) is 0 Å². The van der Waals surface area contributed by atoms with Crippen molar-refractivity contribution in [2.45, 2.75) is 25.7 Å². The van der Waals surface area contributed by atoms with Crippen molar-refractivity contribution in [1.82, 2.24) is 5.32 Å². The first-order valence-corrected chi connectivity index (χ1v) is 6.64. The van der Waals surface area contributed by atoms with Crippen LogP contribution in [0.25, 0.3) is 0 Å². The molecule has 1 aromatic carbocycles. The lowest BCUT2D eigenvalue weighted by atomic mass is 9.86. The fourth-order valence-electron chi connectivity index (χ4n) is 2.59. The Kier molecular flexibility index (Phi) is 4.37. The van der Waals surface area contributed by atoms with Gasteiger partial charge in [0.15, 0.2) is 0 Å². The monoisotopic (exact) mass is 265 g/mol. The van der Waals surface area contributed by atoms with Crippen LogP contribution in [0.3, 0.4) is 0 Å². The summed E-state index contributed by atoms with van der Waals surface area (Å²) in [6.07, 6.45) is 4.46. The van der Waals surface area contributed by atoms with Crippen molar-refractivity contribution in [3.8, 4) is 0 Å². The Morgan fingerprint density at radius 2 is 2.11 bits per heavy atom. The van der Waals surface area contributed by atoms with Gasteiger partial charge in [0.1, 0.15) is 5.82 Å². The zero-order valence-corrected chi connectivity index (χ0v) is 10.9. The molecule has 1 aliphatic rings. The summed E-state index contributed by atoms with van der Waals surface area (Å²) in [5.74, 6) is -0.368. The van der Waals surface area contributed by atoms with Crippen LogP contribution < -0.4 is 16.4 Å². The van der Waals surface area contributed by atoms with Gasteiger partial charge in [-0.1, -0.05) is 18.9 Å². The molecule has 2 amide bonds. The molecule has 1 fully saturated rings. The minimum absolute atomic E-state index is 0.0410. The van der Waals surface area contributed by atoms with Gasteiger partial charge in [-0.25, -0.2) is 9.18 Å². The Hall–Kier alpha value is -1.62. The first kappa shape index (κ1) is 13.8. The summed E-state index contributed by atoms with van der Waals surface area (Å²) in [6, 6.07) is 5.52. The van der Waals surface area contributed by atoms with Gasteiger partial charge >= 0.3 is 6.03 Å². The second kappa shape index (κ2) is 6.02. The third-order valence-electron chi connectivity index (χ3n) is 3.80. The van der Waals surface area contributed by atoms with Crippen LogP contribution in [-0.4, -0.2) is 19.1 Å². The smallest absolute Gasteiger partial charge is 0.319 e. The molecule has 4 N–H and O–H groups in total. The van der Waals surface area contributed by atoms with E-state index in [1.54, 1.807) is 12.1 Å². The third kappa shape index (κ3) is 3.67. The molecular formula is C14H20FN3O. The second-order valence-corrected chi connectivity index (χ2v) is 5.23. The van der Waals surface area contributed by atoms with Gasteiger partial charge in [0.25, 0.3) is 0 Å². The summed E-state index contributed by atoms with van der Waals surface area (Å²) in [4.78, 5) is 11.8. The maximum atomic E-state index is 13.0. The number of carbonyl (C=O) groups excluding carboxylic acids is 1. The van der Waals surface area contributed by atoms with E-state index in [4.69, 9.17) is 5.73 Å². The number of anilines is 1. The average molecular weight is 265 g/mol. The highest BCUT2D eigenvalue weighted by molar-refractivity contribution is 5.89. The van der Waals surface area contributed by atoms with Crippen LogP contribution in [0.4, 0.5) is 14.9 Å². The van der Waals surface area contributed by atoms with Gasteiger partial charge in [-0.2, -0.15) is 0 Å². The van der Waals surface area contributed by atoms with Gasteiger partial charge < -0.3 is 16.4 Å². The predicted molar refractivity (Wildman–Crippen MR) is 73.4 cm³/mol. The fourth-order valence-corrected chi connectivity index (χ4v) is 2.59. The largest absolute Gasteiger partial charge is 0.337 e. The molecule has 0 heterocycles. The van der Waals surface area contributed by atoms with E-state index >= 15 is 0 Å². The molecule has 0 atom stereocenters. The van der Waals surface area contributed by atoms with Crippen LogP contribution in [0.2, 0.25) is 0 Å². The average Bonchev–Trinajstić information content (AvgIpc) is 2.86. The predicted octanol–water partition coefficient (Wildman–Crippen LogP) is 2.47. The SMILES string of the molecule is NCC1(CNC(=O)Nc2cccc(F)c2)CCCC1. The normalized spacial score (nSPS) is 17.2.